The fourth-order valence-electron chi connectivity index (χ4n) is 3.14. The van der Waals surface area contributed by atoms with Gasteiger partial charge in [0, 0.05) is 38.1 Å². The molecule has 5 heteroatoms. The number of carbonyl (C=O) groups is 1. The summed E-state index contributed by atoms with van der Waals surface area (Å²) in [7, 11) is 0. The Morgan fingerprint density at radius 3 is 1.95 bits per heavy atom. The molecule has 0 aromatic carbocycles. The lowest BCUT2D eigenvalue weighted by Gasteiger charge is -2.23. The standard InChI is InChI=1S/C14H26N2O3/c17-10-12-7-16(8-13(12)11-18)14(19)9-15-5-3-1-2-4-6-15/h12-13,17-18H,1-11H2/t12-,13-/m0/s1. The van der Waals surface area contributed by atoms with E-state index in [0.29, 0.717) is 19.6 Å². The van der Waals surface area contributed by atoms with E-state index in [-0.39, 0.29) is 31.0 Å². The molecule has 1 amide bonds. The van der Waals surface area contributed by atoms with E-state index in [0.717, 1.165) is 13.1 Å². The van der Waals surface area contributed by atoms with E-state index in [4.69, 9.17) is 0 Å². The molecule has 0 saturated carbocycles. The van der Waals surface area contributed by atoms with Crippen LogP contribution >= 0.6 is 0 Å². The maximum absolute atomic E-state index is 12.3. The molecule has 2 saturated heterocycles. The summed E-state index contributed by atoms with van der Waals surface area (Å²) in [4.78, 5) is 16.3. The quantitative estimate of drug-likeness (QED) is 0.750. The van der Waals surface area contributed by atoms with E-state index in [2.05, 4.69) is 4.90 Å². The van der Waals surface area contributed by atoms with E-state index in [1.54, 1.807) is 0 Å². The van der Waals surface area contributed by atoms with Gasteiger partial charge in [-0.3, -0.25) is 9.69 Å². The Labute approximate surface area is 115 Å². The van der Waals surface area contributed by atoms with Gasteiger partial charge in [0.2, 0.25) is 5.91 Å². The average Bonchev–Trinajstić information content (AvgIpc) is 2.69. The third kappa shape index (κ3) is 3.91. The van der Waals surface area contributed by atoms with Gasteiger partial charge < -0.3 is 15.1 Å². The first kappa shape index (κ1) is 14.8. The van der Waals surface area contributed by atoms with Crippen molar-refractivity contribution in [3.8, 4) is 0 Å². The topological polar surface area (TPSA) is 64.0 Å². The van der Waals surface area contributed by atoms with Gasteiger partial charge in [-0.15, -0.1) is 0 Å². The Hall–Kier alpha value is -0.650. The second kappa shape index (κ2) is 7.22. The summed E-state index contributed by atoms with van der Waals surface area (Å²) >= 11 is 0. The lowest BCUT2D eigenvalue weighted by molar-refractivity contribution is -0.131. The first-order chi connectivity index (χ1) is 9.24. The minimum atomic E-state index is 0.0399. The number of carbonyl (C=O) groups excluding carboxylic acids is 1. The average molecular weight is 270 g/mol. The van der Waals surface area contributed by atoms with E-state index in [1.165, 1.54) is 25.7 Å². The fraction of sp³-hybridized carbons (Fsp3) is 0.929. The highest BCUT2D eigenvalue weighted by Crippen LogP contribution is 2.23. The normalized spacial score (nSPS) is 29.5. The summed E-state index contributed by atoms with van der Waals surface area (Å²) in [6.07, 6.45) is 4.92. The molecular formula is C14H26N2O3. The summed E-state index contributed by atoms with van der Waals surface area (Å²) in [5, 5.41) is 18.5. The Morgan fingerprint density at radius 2 is 1.47 bits per heavy atom. The molecule has 2 atom stereocenters. The minimum absolute atomic E-state index is 0.0399. The zero-order chi connectivity index (χ0) is 13.7. The molecule has 0 unspecified atom stereocenters. The maximum Gasteiger partial charge on any atom is 0.236 e. The molecule has 0 aliphatic carbocycles. The molecule has 5 nitrogen and oxygen atoms in total. The van der Waals surface area contributed by atoms with Crippen molar-refractivity contribution in [1.82, 2.24) is 9.80 Å². The molecule has 0 aromatic heterocycles. The molecular weight excluding hydrogens is 244 g/mol. The van der Waals surface area contributed by atoms with Gasteiger partial charge in [0.25, 0.3) is 0 Å². The van der Waals surface area contributed by atoms with Crippen LogP contribution in [0.25, 0.3) is 0 Å². The zero-order valence-electron chi connectivity index (χ0n) is 11.6. The predicted molar refractivity (Wildman–Crippen MR) is 72.6 cm³/mol. The van der Waals surface area contributed by atoms with Crippen molar-refractivity contribution in [1.29, 1.82) is 0 Å². The van der Waals surface area contributed by atoms with Crippen molar-refractivity contribution >= 4 is 5.91 Å². The van der Waals surface area contributed by atoms with Gasteiger partial charge in [-0.05, 0) is 25.9 Å². The number of nitrogens with zero attached hydrogens (tertiary/aromatic N) is 2. The molecule has 2 aliphatic rings. The molecule has 2 N–H and O–H groups in total. The van der Waals surface area contributed by atoms with Crippen molar-refractivity contribution < 1.29 is 15.0 Å². The lowest BCUT2D eigenvalue weighted by atomic mass is 9.98. The van der Waals surface area contributed by atoms with Crippen molar-refractivity contribution in [2.75, 3.05) is 45.9 Å². The molecule has 0 bridgehead atoms. The fourth-order valence-corrected chi connectivity index (χ4v) is 3.14. The number of hydrogen-bond donors (Lipinski definition) is 2. The Kier molecular flexibility index (Phi) is 5.60. The van der Waals surface area contributed by atoms with Crippen LogP contribution in [0.2, 0.25) is 0 Å². The van der Waals surface area contributed by atoms with E-state index < -0.39 is 0 Å². The van der Waals surface area contributed by atoms with Gasteiger partial charge in [-0.1, -0.05) is 12.8 Å². The number of amides is 1. The lowest BCUT2D eigenvalue weighted by Crippen LogP contribution is -2.40. The van der Waals surface area contributed by atoms with Crippen LogP contribution in [0.15, 0.2) is 0 Å². The number of hydrogen-bond acceptors (Lipinski definition) is 4. The van der Waals surface area contributed by atoms with Gasteiger partial charge in [-0.2, -0.15) is 0 Å². The van der Waals surface area contributed by atoms with E-state index >= 15 is 0 Å². The zero-order valence-corrected chi connectivity index (χ0v) is 11.6. The second-order valence-corrected chi connectivity index (χ2v) is 5.87. The Bertz CT molecular complexity index is 278. The van der Waals surface area contributed by atoms with E-state index in [9.17, 15) is 15.0 Å². The second-order valence-electron chi connectivity index (χ2n) is 5.87. The SMILES string of the molecule is O=C(CN1CCCCCC1)N1C[C@@H](CO)[C@H](CO)C1. The molecule has 2 heterocycles. The molecule has 0 aromatic rings. The van der Waals surface area contributed by atoms with Gasteiger partial charge in [-0.25, -0.2) is 0 Å². The molecule has 19 heavy (non-hydrogen) atoms. The highest BCUT2D eigenvalue weighted by Gasteiger charge is 2.34. The molecule has 2 aliphatic heterocycles. The van der Waals surface area contributed by atoms with Crippen LogP contribution in [-0.4, -0.2) is 71.9 Å². The van der Waals surface area contributed by atoms with Gasteiger partial charge in [0.1, 0.15) is 0 Å². The van der Waals surface area contributed by atoms with Crippen LogP contribution in [0.5, 0.6) is 0 Å². The minimum Gasteiger partial charge on any atom is -0.396 e. The van der Waals surface area contributed by atoms with Gasteiger partial charge in [0.05, 0.1) is 6.54 Å². The number of aliphatic hydroxyl groups excluding tert-OH is 2. The van der Waals surface area contributed by atoms with Crippen molar-refractivity contribution in [3.63, 3.8) is 0 Å². The largest absolute Gasteiger partial charge is 0.396 e. The van der Waals surface area contributed by atoms with Crippen LogP contribution in [0.4, 0.5) is 0 Å². The smallest absolute Gasteiger partial charge is 0.236 e. The highest BCUT2D eigenvalue weighted by molar-refractivity contribution is 5.78. The summed E-state index contributed by atoms with van der Waals surface area (Å²) in [6.45, 7) is 3.83. The first-order valence-electron chi connectivity index (χ1n) is 7.46. The van der Waals surface area contributed by atoms with Crippen molar-refractivity contribution in [2.45, 2.75) is 25.7 Å². The first-order valence-corrected chi connectivity index (χ1v) is 7.46. The number of rotatable bonds is 4. The third-order valence-electron chi connectivity index (χ3n) is 4.46. The molecule has 2 fully saturated rings. The van der Waals surface area contributed by atoms with E-state index in [1.807, 2.05) is 4.90 Å². The highest BCUT2D eigenvalue weighted by atomic mass is 16.3. The summed E-state index contributed by atoms with van der Waals surface area (Å²) < 4.78 is 0. The monoisotopic (exact) mass is 270 g/mol. The summed E-state index contributed by atoms with van der Waals surface area (Å²) in [5.41, 5.74) is 0. The third-order valence-corrected chi connectivity index (χ3v) is 4.46. The number of likely N-dealkylation sites (tertiary alicyclic amines) is 2. The van der Waals surface area contributed by atoms with Crippen molar-refractivity contribution in [3.05, 3.63) is 0 Å². The Balaban J connectivity index is 1.82. The molecule has 0 radical (unpaired) electrons. The predicted octanol–water partition coefficient (Wildman–Crippen LogP) is -0.0784. The van der Waals surface area contributed by atoms with Crippen LogP contribution in [0, 0.1) is 11.8 Å². The summed E-state index contributed by atoms with van der Waals surface area (Å²) in [5.74, 6) is 0.229. The van der Waals surface area contributed by atoms with Crippen molar-refractivity contribution in [2.24, 2.45) is 11.8 Å². The van der Waals surface area contributed by atoms with Crippen LogP contribution in [0.3, 0.4) is 0 Å². The van der Waals surface area contributed by atoms with Gasteiger partial charge >= 0.3 is 0 Å². The van der Waals surface area contributed by atoms with Crippen LogP contribution < -0.4 is 0 Å². The van der Waals surface area contributed by atoms with Gasteiger partial charge in [0.15, 0.2) is 0 Å². The van der Waals surface area contributed by atoms with Crippen LogP contribution in [0.1, 0.15) is 25.7 Å². The molecule has 110 valence electrons. The summed E-state index contributed by atoms with van der Waals surface area (Å²) in [6, 6.07) is 0. The Morgan fingerprint density at radius 1 is 0.947 bits per heavy atom. The molecule has 2 rings (SSSR count). The maximum atomic E-state index is 12.3. The van der Waals surface area contributed by atoms with Crippen LogP contribution in [-0.2, 0) is 4.79 Å². The molecule has 0 spiro atoms. The number of aliphatic hydroxyl groups is 2.